The van der Waals surface area contributed by atoms with Crippen LogP contribution in [0, 0.1) is 0 Å². The number of anilines is 1. The number of carbonyl (C=O) groups is 2. The summed E-state index contributed by atoms with van der Waals surface area (Å²) in [6.07, 6.45) is 1.71. The fraction of sp³-hybridized carbons (Fsp3) is 0.238. The Morgan fingerprint density at radius 3 is 2.62 bits per heavy atom. The Labute approximate surface area is 173 Å². The minimum absolute atomic E-state index is 0.0469. The number of hydrogen-bond donors (Lipinski definition) is 1. The van der Waals surface area contributed by atoms with E-state index in [1.165, 1.54) is 11.1 Å². The number of ether oxygens (including phenoxy) is 1. The fourth-order valence-electron chi connectivity index (χ4n) is 2.69. The van der Waals surface area contributed by atoms with Gasteiger partial charge in [-0.1, -0.05) is 41.9 Å². The lowest BCUT2D eigenvalue weighted by Crippen LogP contribution is -2.31. The van der Waals surface area contributed by atoms with E-state index in [9.17, 15) is 9.59 Å². The van der Waals surface area contributed by atoms with Gasteiger partial charge in [0.25, 0.3) is 0 Å². The highest BCUT2D eigenvalue weighted by atomic mass is 35.5. The number of amides is 2. The molecule has 1 N–H and O–H groups in total. The third-order valence-electron chi connectivity index (χ3n) is 4.33. The van der Waals surface area contributed by atoms with Crippen LogP contribution in [0.5, 0.6) is 0 Å². The topological polar surface area (TPSA) is 84.4 Å². The predicted molar refractivity (Wildman–Crippen MR) is 112 cm³/mol. The van der Waals surface area contributed by atoms with Gasteiger partial charge in [-0.15, -0.1) is 0 Å². The average molecular weight is 413 g/mol. The number of rotatable bonds is 7. The van der Waals surface area contributed by atoms with Gasteiger partial charge in [-0.25, -0.2) is 9.78 Å². The molecule has 0 aliphatic rings. The minimum Gasteiger partial charge on any atom is -0.447 e. The third kappa shape index (κ3) is 5.89. The molecule has 1 aromatic heterocycles. The largest absolute Gasteiger partial charge is 0.447 e. The molecular weight excluding hydrogens is 392 g/mol. The molecule has 7 nitrogen and oxygen atoms in total. The van der Waals surface area contributed by atoms with E-state index in [1.807, 2.05) is 42.5 Å². The van der Waals surface area contributed by atoms with Gasteiger partial charge in [0.15, 0.2) is 5.82 Å². The Morgan fingerprint density at radius 2 is 1.83 bits per heavy atom. The van der Waals surface area contributed by atoms with Crippen LogP contribution in [0.2, 0.25) is 5.02 Å². The number of aryl methyl sites for hydroxylation is 1. The highest BCUT2D eigenvalue weighted by Gasteiger charge is 2.11. The normalized spacial score (nSPS) is 10.6. The van der Waals surface area contributed by atoms with Gasteiger partial charge in [0, 0.05) is 18.5 Å². The number of fused-ring (bicyclic) bond motifs is 1. The summed E-state index contributed by atoms with van der Waals surface area (Å²) < 4.78 is 5.13. The monoisotopic (exact) mass is 412 g/mol. The van der Waals surface area contributed by atoms with Crippen molar-refractivity contribution in [1.82, 2.24) is 14.9 Å². The molecule has 0 atom stereocenters. The number of nitrogens with zero attached hydrogens (tertiary/aromatic N) is 3. The van der Waals surface area contributed by atoms with Crippen LogP contribution in [0.1, 0.15) is 12.0 Å². The summed E-state index contributed by atoms with van der Waals surface area (Å²) in [4.78, 5) is 34.2. The number of carbonyl (C=O) groups excluding carboxylic acids is 2. The number of para-hydroxylation sites is 2. The van der Waals surface area contributed by atoms with Gasteiger partial charge in [0.05, 0.1) is 23.8 Å². The van der Waals surface area contributed by atoms with Crippen LogP contribution in [0.15, 0.2) is 54.7 Å². The van der Waals surface area contributed by atoms with Gasteiger partial charge in [-0.05, 0) is 30.2 Å². The van der Waals surface area contributed by atoms with Crippen molar-refractivity contribution < 1.29 is 14.3 Å². The van der Waals surface area contributed by atoms with Gasteiger partial charge in [-0.2, -0.15) is 0 Å². The van der Waals surface area contributed by atoms with E-state index >= 15 is 0 Å². The Balaban J connectivity index is 1.40. The lowest BCUT2D eigenvalue weighted by atomic mass is 10.1. The van der Waals surface area contributed by atoms with Gasteiger partial charge < -0.3 is 9.64 Å². The summed E-state index contributed by atoms with van der Waals surface area (Å²) >= 11 is 6.11. The molecule has 2 amide bonds. The second kappa shape index (κ2) is 9.84. The number of hydrogen-bond acceptors (Lipinski definition) is 5. The van der Waals surface area contributed by atoms with Gasteiger partial charge in [0.2, 0.25) is 5.91 Å². The molecule has 0 aliphatic heterocycles. The number of halogens is 1. The maximum Gasteiger partial charge on any atom is 0.412 e. The lowest BCUT2D eigenvalue weighted by Gasteiger charge is -2.17. The summed E-state index contributed by atoms with van der Waals surface area (Å²) in [5.41, 5.74) is 2.35. The minimum atomic E-state index is -0.647. The summed E-state index contributed by atoms with van der Waals surface area (Å²) in [5, 5.41) is 3.19. The summed E-state index contributed by atoms with van der Waals surface area (Å²) in [5.74, 6) is 0.257. The molecule has 0 bridgehead atoms. The highest BCUT2D eigenvalue weighted by Crippen LogP contribution is 2.17. The molecule has 2 aromatic carbocycles. The number of aromatic nitrogens is 2. The first kappa shape index (κ1) is 20.5. The van der Waals surface area contributed by atoms with Crippen molar-refractivity contribution in [3.05, 3.63) is 65.3 Å². The maximum absolute atomic E-state index is 12.2. The fourth-order valence-corrected chi connectivity index (χ4v) is 2.92. The van der Waals surface area contributed by atoms with Crippen LogP contribution in [-0.4, -0.2) is 47.1 Å². The van der Waals surface area contributed by atoms with Crippen molar-refractivity contribution in [2.75, 3.05) is 25.5 Å². The van der Waals surface area contributed by atoms with E-state index < -0.39 is 6.09 Å². The molecule has 29 heavy (non-hydrogen) atoms. The summed E-state index contributed by atoms with van der Waals surface area (Å²) in [6, 6.07) is 14.8. The first-order valence-corrected chi connectivity index (χ1v) is 9.53. The smallest absolute Gasteiger partial charge is 0.412 e. The molecule has 150 valence electrons. The van der Waals surface area contributed by atoms with E-state index in [4.69, 9.17) is 16.3 Å². The van der Waals surface area contributed by atoms with Crippen LogP contribution in [0.3, 0.4) is 0 Å². The Bertz CT molecular complexity index is 1010. The van der Waals surface area contributed by atoms with Crippen molar-refractivity contribution >= 4 is 40.5 Å². The molecule has 3 aromatic rings. The summed E-state index contributed by atoms with van der Waals surface area (Å²) in [7, 11) is 1.67. The number of nitrogens with one attached hydrogen (secondary N) is 1. The predicted octanol–water partition coefficient (Wildman–Crippen LogP) is 3.92. The van der Waals surface area contributed by atoms with E-state index in [-0.39, 0.29) is 19.1 Å². The molecule has 0 saturated carbocycles. The van der Waals surface area contributed by atoms with E-state index in [0.717, 1.165) is 11.1 Å². The van der Waals surface area contributed by atoms with E-state index in [2.05, 4.69) is 15.3 Å². The molecule has 3 rings (SSSR count). The highest BCUT2D eigenvalue weighted by molar-refractivity contribution is 6.31. The van der Waals surface area contributed by atoms with Crippen LogP contribution >= 0.6 is 11.6 Å². The lowest BCUT2D eigenvalue weighted by molar-refractivity contribution is -0.130. The molecule has 0 saturated heterocycles. The molecular formula is C21H21ClN4O3. The van der Waals surface area contributed by atoms with Crippen LogP contribution in [-0.2, 0) is 16.0 Å². The van der Waals surface area contributed by atoms with Crippen molar-refractivity contribution in [2.45, 2.75) is 12.8 Å². The van der Waals surface area contributed by atoms with Gasteiger partial charge in [-0.3, -0.25) is 15.1 Å². The van der Waals surface area contributed by atoms with Crippen molar-refractivity contribution in [3.63, 3.8) is 0 Å². The molecule has 0 fully saturated rings. The summed E-state index contributed by atoms with van der Waals surface area (Å²) in [6.45, 7) is 0.360. The zero-order valence-electron chi connectivity index (χ0n) is 16.0. The standard InChI is InChI=1S/C21H21ClN4O3/c1-26(20(27)11-10-15-6-2-3-7-16(15)22)12-13-29-21(28)25-19-14-23-17-8-4-5-9-18(17)24-19/h2-9,14H,10-13H2,1H3,(H,24,25,28). The molecule has 0 aliphatic carbocycles. The van der Waals surface area contributed by atoms with Crippen molar-refractivity contribution in [1.29, 1.82) is 0 Å². The maximum atomic E-state index is 12.2. The van der Waals surface area contributed by atoms with Gasteiger partial charge >= 0.3 is 6.09 Å². The van der Waals surface area contributed by atoms with Crippen LogP contribution in [0.25, 0.3) is 11.0 Å². The first-order chi connectivity index (χ1) is 14.0. The SMILES string of the molecule is CN(CCOC(=O)Nc1cnc2ccccc2n1)C(=O)CCc1ccccc1Cl. The molecule has 8 heteroatoms. The average Bonchev–Trinajstić information content (AvgIpc) is 2.72. The van der Waals surface area contributed by atoms with Crippen LogP contribution < -0.4 is 5.32 Å². The van der Waals surface area contributed by atoms with E-state index in [0.29, 0.717) is 29.2 Å². The van der Waals surface area contributed by atoms with Crippen molar-refractivity contribution in [3.8, 4) is 0 Å². The van der Waals surface area contributed by atoms with E-state index in [1.54, 1.807) is 13.1 Å². The van der Waals surface area contributed by atoms with Crippen LogP contribution in [0.4, 0.5) is 10.6 Å². The second-order valence-electron chi connectivity index (χ2n) is 6.41. The number of benzene rings is 2. The molecule has 0 unspecified atom stereocenters. The first-order valence-electron chi connectivity index (χ1n) is 9.16. The second-order valence-corrected chi connectivity index (χ2v) is 6.82. The zero-order chi connectivity index (χ0) is 20.6. The third-order valence-corrected chi connectivity index (χ3v) is 4.70. The Hall–Kier alpha value is -3.19. The molecule has 1 heterocycles. The molecule has 0 radical (unpaired) electrons. The number of likely N-dealkylation sites (N-methyl/N-ethyl adjacent to an activating group) is 1. The molecule has 0 spiro atoms. The Kier molecular flexibility index (Phi) is 6.97. The Morgan fingerprint density at radius 1 is 1.10 bits per heavy atom. The quantitative estimate of drug-likeness (QED) is 0.635. The van der Waals surface area contributed by atoms with Gasteiger partial charge in [0.1, 0.15) is 6.61 Å². The zero-order valence-corrected chi connectivity index (χ0v) is 16.7. The van der Waals surface area contributed by atoms with Crippen molar-refractivity contribution in [2.24, 2.45) is 0 Å².